The Bertz CT molecular complexity index is 873. The van der Waals surface area contributed by atoms with Gasteiger partial charge in [-0.15, -0.1) is 0 Å². The van der Waals surface area contributed by atoms with Gasteiger partial charge in [-0.3, -0.25) is 4.79 Å². The minimum atomic E-state index is -0.283. The van der Waals surface area contributed by atoms with E-state index in [0.29, 0.717) is 22.5 Å². The average Bonchev–Trinajstić information content (AvgIpc) is 2.90. The lowest BCUT2D eigenvalue weighted by molar-refractivity contribution is 0.102. The Morgan fingerprint density at radius 2 is 2.05 bits per heavy atom. The van der Waals surface area contributed by atoms with Crippen LogP contribution >= 0.6 is 0 Å². The zero-order valence-electron chi connectivity index (χ0n) is 11.1. The number of carbonyl (C=O) groups excluding carboxylic acids is 1. The van der Waals surface area contributed by atoms with Crippen LogP contribution in [-0.4, -0.2) is 10.9 Å². The summed E-state index contributed by atoms with van der Waals surface area (Å²) in [7, 11) is 0. The molecule has 0 saturated heterocycles. The molecule has 1 amide bonds. The largest absolute Gasteiger partial charge is 0.399 e. The number of fused-ring (bicyclic) bond motifs is 1. The van der Waals surface area contributed by atoms with E-state index in [-0.39, 0.29) is 5.91 Å². The van der Waals surface area contributed by atoms with Crippen LogP contribution in [0.1, 0.15) is 15.9 Å². The highest BCUT2D eigenvalue weighted by molar-refractivity contribution is 6.13. The molecule has 0 aliphatic rings. The molecular weight excluding hydrogens is 264 g/mol. The summed E-state index contributed by atoms with van der Waals surface area (Å²) >= 11 is 0. The Kier molecular flexibility index (Phi) is 3.05. The summed E-state index contributed by atoms with van der Waals surface area (Å²) in [5.74, 6) is -0.283. The van der Waals surface area contributed by atoms with E-state index in [1.807, 2.05) is 12.1 Å². The second-order valence-corrected chi connectivity index (χ2v) is 4.62. The van der Waals surface area contributed by atoms with Crippen LogP contribution in [0.15, 0.2) is 48.7 Å². The number of aromatic nitrogens is 1. The molecule has 3 rings (SSSR count). The highest BCUT2D eigenvalue weighted by Gasteiger charge is 2.13. The summed E-state index contributed by atoms with van der Waals surface area (Å²) in [5, 5.41) is 12.6. The van der Waals surface area contributed by atoms with Crippen molar-refractivity contribution >= 4 is 28.2 Å². The summed E-state index contributed by atoms with van der Waals surface area (Å²) in [6.45, 7) is 0. The molecule has 3 aromatic rings. The van der Waals surface area contributed by atoms with Gasteiger partial charge in [0, 0.05) is 22.8 Å². The van der Waals surface area contributed by atoms with Gasteiger partial charge < -0.3 is 16.0 Å². The van der Waals surface area contributed by atoms with Gasteiger partial charge in [-0.25, -0.2) is 0 Å². The van der Waals surface area contributed by atoms with E-state index >= 15 is 0 Å². The van der Waals surface area contributed by atoms with Crippen molar-refractivity contribution in [2.45, 2.75) is 0 Å². The number of nitriles is 1. The third-order valence-corrected chi connectivity index (χ3v) is 3.25. The van der Waals surface area contributed by atoms with Gasteiger partial charge >= 0.3 is 0 Å². The zero-order valence-corrected chi connectivity index (χ0v) is 11.1. The molecule has 102 valence electrons. The maximum atomic E-state index is 12.4. The number of rotatable bonds is 2. The molecule has 4 N–H and O–H groups in total. The molecule has 0 bridgehead atoms. The normalized spacial score (nSPS) is 10.2. The number of para-hydroxylation sites is 1. The molecule has 1 aromatic heterocycles. The van der Waals surface area contributed by atoms with Crippen molar-refractivity contribution in [3.8, 4) is 6.07 Å². The number of hydrogen-bond acceptors (Lipinski definition) is 3. The third-order valence-electron chi connectivity index (χ3n) is 3.25. The average molecular weight is 276 g/mol. The van der Waals surface area contributed by atoms with Crippen molar-refractivity contribution in [3.63, 3.8) is 0 Å². The number of nitrogens with one attached hydrogen (secondary N) is 2. The number of amides is 1. The Morgan fingerprint density at radius 1 is 1.24 bits per heavy atom. The maximum absolute atomic E-state index is 12.4. The molecule has 0 fully saturated rings. The SMILES string of the molecule is N#Cc1ccccc1NC(=O)c1c[nH]c2ccc(N)cc12. The molecule has 1 heterocycles. The van der Waals surface area contributed by atoms with Crippen molar-refractivity contribution in [2.24, 2.45) is 0 Å². The van der Waals surface area contributed by atoms with Gasteiger partial charge in [-0.2, -0.15) is 5.26 Å². The summed E-state index contributed by atoms with van der Waals surface area (Å²) < 4.78 is 0. The molecule has 0 unspecified atom stereocenters. The van der Waals surface area contributed by atoms with E-state index in [1.165, 1.54) is 0 Å². The van der Waals surface area contributed by atoms with Crippen LogP contribution in [0.2, 0.25) is 0 Å². The van der Waals surface area contributed by atoms with E-state index < -0.39 is 0 Å². The molecule has 2 aromatic carbocycles. The van der Waals surface area contributed by atoms with Gasteiger partial charge in [0.2, 0.25) is 0 Å². The lowest BCUT2D eigenvalue weighted by Gasteiger charge is -2.06. The quantitative estimate of drug-likeness (QED) is 0.628. The predicted molar refractivity (Wildman–Crippen MR) is 81.8 cm³/mol. The van der Waals surface area contributed by atoms with Crippen molar-refractivity contribution in [2.75, 3.05) is 11.1 Å². The first kappa shape index (κ1) is 12.8. The number of aromatic amines is 1. The molecular formula is C16H12N4O. The number of nitrogens with two attached hydrogens (primary N) is 1. The Hall–Kier alpha value is -3.26. The number of benzene rings is 2. The zero-order chi connectivity index (χ0) is 14.8. The number of anilines is 2. The van der Waals surface area contributed by atoms with Crippen molar-refractivity contribution in [3.05, 3.63) is 59.8 Å². The van der Waals surface area contributed by atoms with Gasteiger partial charge in [-0.1, -0.05) is 12.1 Å². The van der Waals surface area contributed by atoms with Gasteiger partial charge in [0.1, 0.15) is 6.07 Å². The van der Waals surface area contributed by atoms with Crippen LogP contribution in [0.4, 0.5) is 11.4 Å². The molecule has 5 nitrogen and oxygen atoms in total. The second-order valence-electron chi connectivity index (χ2n) is 4.62. The first-order chi connectivity index (χ1) is 10.2. The molecule has 0 radical (unpaired) electrons. The topological polar surface area (TPSA) is 94.7 Å². The summed E-state index contributed by atoms with van der Waals surface area (Å²) in [6, 6.07) is 14.3. The van der Waals surface area contributed by atoms with E-state index in [9.17, 15) is 4.79 Å². The van der Waals surface area contributed by atoms with Crippen LogP contribution in [0, 0.1) is 11.3 Å². The molecule has 0 saturated carbocycles. The van der Waals surface area contributed by atoms with Crippen molar-refractivity contribution < 1.29 is 4.79 Å². The fourth-order valence-electron chi connectivity index (χ4n) is 2.21. The van der Waals surface area contributed by atoms with E-state index in [0.717, 1.165) is 10.9 Å². The fourth-order valence-corrected chi connectivity index (χ4v) is 2.21. The molecule has 0 aliphatic heterocycles. The maximum Gasteiger partial charge on any atom is 0.257 e. The van der Waals surface area contributed by atoms with Gasteiger partial charge in [-0.05, 0) is 30.3 Å². The lowest BCUT2D eigenvalue weighted by atomic mass is 10.1. The van der Waals surface area contributed by atoms with Gasteiger partial charge in [0.05, 0.1) is 16.8 Å². The third kappa shape index (κ3) is 2.30. The predicted octanol–water partition coefficient (Wildman–Crippen LogP) is 2.87. The van der Waals surface area contributed by atoms with Crippen LogP contribution in [0.25, 0.3) is 10.9 Å². The molecule has 21 heavy (non-hydrogen) atoms. The highest BCUT2D eigenvalue weighted by Crippen LogP contribution is 2.22. The van der Waals surface area contributed by atoms with E-state index in [1.54, 1.807) is 42.6 Å². The second kappa shape index (κ2) is 5.02. The Morgan fingerprint density at radius 3 is 2.86 bits per heavy atom. The number of carbonyl (C=O) groups is 1. The minimum absolute atomic E-state index is 0.283. The summed E-state index contributed by atoms with van der Waals surface area (Å²) in [6.07, 6.45) is 1.63. The van der Waals surface area contributed by atoms with Crippen LogP contribution in [0.5, 0.6) is 0 Å². The first-order valence-corrected chi connectivity index (χ1v) is 6.36. The van der Waals surface area contributed by atoms with Gasteiger partial charge in [0.25, 0.3) is 5.91 Å². The summed E-state index contributed by atoms with van der Waals surface area (Å²) in [5.41, 5.74) is 8.59. The lowest BCUT2D eigenvalue weighted by Crippen LogP contribution is -2.12. The smallest absolute Gasteiger partial charge is 0.257 e. The molecule has 5 heteroatoms. The fraction of sp³-hybridized carbons (Fsp3) is 0. The molecule has 0 spiro atoms. The van der Waals surface area contributed by atoms with Crippen LogP contribution in [-0.2, 0) is 0 Å². The standard InChI is InChI=1S/C16H12N4O/c17-8-10-3-1-2-4-14(10)20-16(21)13-9-19-15-6-5-11(18)7-12(13)15/h1-7,9,19H,18H2,(H,20,21). The molecule has 0 aliphatic carbocycles. The monoisotopic (exact) mass is 276 g/mol. The first-order valence-electron chi connectivity index (χ1n) is 6.36. The highest BCUT2D eigenvalue weighted by atomic mass is 16.1. The van der Waals surface area contributed by atoms with Crippen LogP contribution < -0.4 is 11.1 Å². The Labute approximate surface area is 121 Å². The van der Waals surface area contributed by atoms with Crippen LogP contribution in [0.3, 0.4) is 0 Å². The van der Waals surface area contributed by atoms with Crippen molar-refractivity contribution in [1.82, 2.24) is 4.98 Å². The number of hydrogen-bond donors (Lipinski definition) is 3. The number of H-pyrrole nitrogens is 1. The van der Waals surface area contributed by atoms with Crippen molar-refractivity contribution in [1.29, 1.82) is 5.26 Å². The van der Waals surface area contributed by atoms with E-state index in [4.69, 9.17) is 11.0 Å². The molecule has 0 atom stereocenters. The number of nitrogens with zero attached hydrogens (tertiary/aromatic N) is 1. The van der Waals surface area contributed by atoms with Gasteiger partial charge in [0.15, 0.2) is 0 Å². The Balaban J connectivity index is 1.98. The minimum Gasteiger partial charge on any atom is -0.399 e. The summed E-state index contributed by atoms with van der Waals surface area (Å²) in [4.78, 5) is 15.4. The van der Waals surface area contributed by atoms with E-state index in [2.05, 4.69) is 10.3 Å². The number of nitrogen functional groups attached to an aromatic ring is 1.